The van der Waals surface area contributed by atoms with Gasteiger partial charge in [0.05, 0.1) is 0 Å². The van der Waals surface area contributed by atoms with Gasteiger partial charge in [0.2, 0.25) is 5.91 Å². The SMILES string of the molecule is CC(C)[C@]1(C)N(C)C(=O)C(C)(C)N1O. The van der Waals surface area contributed by atoms with Crippen LogP contribution in [0.4, 0.5) is 0 Å². The number of hydroxylamine groups is 2. The number of carbonyl (C=O) groups excluding carboxylic acids is 1. The van der Waals surface area contributed by atoms with E-state index in [1.54, 1.807) is 25.8 Å². The molecule has 1 aliphatic heterocycles. The molecule has 0 aromatic rings. The molecule has 1 saturated heterocycles. The molecule has 0 aliphatic carbocycles. The number of likely N-dealkylation sites (N-methyl/N-ethyl adjacent to an activating group) is 1. The Balaban J connectivity index is 3.20. The van der Waals surface area contributed by atoms with Gasteiger partial charge >= 0.3 is 0 Å². The zero-order chi connectivity index (χ0) is 11.3. The summed E-state index contributed by atoms with van der Waals surface area (Å²) in [5, 5.41) is 11.2. The molecule has 1 rings (SSSR count). The van der Waals surface area contributed by atoms with Crippen LogP contribution < -0.4 is 0 Å². The Labute approximate surface area is 85.4 Å². The number of nitrogens with zero attached hydrogens (tertiary/aromatic N) is 2. The minimum absolute atomic E-state index is 0.0452. The highest BCUT2D eigenvalue weighted by Gasteiger charge is 2.58. The van der Waals surface area contributed by atoms with Crippen molar-refractivity contribution in [3.05, 3.63) is 0 Å². The van der Waals surface area contributed by atoms with Gasteiger partial charge in [0.15, 0.2) is 0 Å². The molecule has 0 saturated carbocycles. The topological polar surface area (TPSA) is 43.8 Å². The van der Waals surface area contributed by atoms with E-state index in [-0.39, 0.29) is 11.8 Å². The predicted octanol–water partition coefficient (Wildman–Crippen LogP) is 1.30. The van der Waals surface area contributed by atoms with E-state index in [1.165, 1.54) is 5.06 Å². The lowest BCUT2D eigenvalue weighted by atomic mass is 9.97. The molecule has 4 nitrogen and oxygen atoms in total. The lowest BCUT2D eigenvalue weighted by Gasteiger charge is -2.40. The zero-order valence-electron chi connectivity index (χ0n) is 9.83. The van der Waals surface area contributed by atoms with E-state index in [4.69, 9.17) is 0 Å². The van der Waals surface area contributed by atoms with Crippen LogP contribution in [0, 0.1) is 5.92 Å². The molecule has 1 N–H and O–H groups in total. The third kappa shape index (κ3) is 1.10. The van der Waals surface area contributed by atoms with E-state index in [0.717, 1.165) is 0 Å². The molecule has 0 bridgehead atoms. The molecule has 1 aliphatic rings. The van der Waals surface area contributed by atoms with Crippen molar-refractivity contribution >= 4 is 5.91 Å². The number of hydrogen-bond acceptors (Lipinski definition) is 3. The zero-order valence-corrected chi connectivity index (χ0v) is 9.83. The van der Waals surface area contributed by atoms with Crippen molar-refractivity contribution in [2.45, 2.75) is 45.8 Å². The molecule has 0 spiro atoms. The molecule has 14 heavy (non-hydrogen) atoms. The maximum Gasteiger partial charge on any atom is 0.246 e. The van der Waals surface area contributed by atoms with Crippen LogP contribution in [0.5, 0.6) is 0 Å². The summed E-state index contributed by atoms with van der Waals surface area (Å²) in [6.07, 6.45) is 0. The van der Waals surface area contributed by atoms with E-state index in [2.05, 4.69) is 0 Å². The van der Waals surface area contributed by atoms with Gasteiger partial charge in [-0.15, -0.1) is 0 Å². The van der Waals surface area contributed by atoms with Crippen molar-refractivity contribution in [2.24, 2.45) is 5.92 Å². The lowest BCUT2D eigenvalue weighted by Crippen LogP contribution is -2.55. The second-order valence-corrected chi connectivity index (χ2v) is 4.98. The Kier molecular flexibility index (Phi) is 2.41. The van der Waals surface area contributed by atoms with Gasteiger partial charge in [-0.1, -0.05) is 13.8 Å². The molecule has 1 atom stereocenters. The van der Waals surface area contributed by atoms with Crippen molar-refractivity contribution < 1.29 is 10.0 Å². The van der Waals surface area contributed by atoms with Crippen molar-refractivity contribution in [2.75, 3.05) is 7.05 Å². The first-order valence-corrected chi connectivity index (χ1v) is 4.94. The van der Waals surface area contributed by atoms with Crippen molar-refractivity contribution in [1.29, 1.82) is 0 Å². The molecule has 0 aromatic heterocycles. The summed E-state index contributed by atoms with van der Waals surface area (Å²) in [5.74, 6) is 0.124. The third-order valence-corrected chi connectivity index (χ3v) is 3.56. The van der Waals surface area contributed by atoms with Gasteiger partial charge in [-0.05, 0) is 26.7 Å². The first-order valence-electron chi connectivity index (χ1n) is 4.94. The lowest BCUT2D eigenvalue weighted by molar-refractivity contribution is -0.228. The predicted molar refractivity (Wildman–Crippen MR) is 53.7 cm³/mol. The van der Waals surface area contributed by atoms with Crippen LogP contribution in [0.25, 0.3) is 0 Å². The monoisotopic (exact) mass is 200 g/mol. The largest absolute Gasteiger partial charge is 0.324 e. The smallest absolute Gasteiger partial charge is 0.246 e. The summed E-state index contributed by atoms with van der Waals surface area (Å²) < 4.78 is 0. The van der Waals surface area contributed by atoms with Crippen LogP contribution in [0.15, 0.2) is 0 Å². The highest BCUT2D eigenvalue weighted by molar-refractivity contribution is 5.88. The van der Waals surface area contributed by atoms with Gasteiger partial charge in [0.1, 0.15) is 11.2 Å². The number of hydrogen-bond donors (Lipinski definition) is 1. The molecule has 1 amide bonds. The molecule has 0 aromatic carbocycles. The Hall–Kier alpha value is -0.610. The van der Waals surface area contributed by atoms with E-state index in [1.807, 2.05) is 20.8 Å². The second-order valence-electron chi connectivity index (χ2n) is 4.98. The maximum atomic E-state index is 11.9. The summed E-state index contributed by atoms with van der Waals surface area (Å²) in [7, 11) is 1.74. The standard InChI is InChI=1S/C10H20N2O2/c1-7(2)10(5)11(6)8(13)9(3,4)12(10)14/h7,14H,1-6H3/t10-/m1/s1. The van der Waals surface area contributed by atoms with Gasteiger partial charge in [0, 0.05) is 7.05 Å². The van der Waals surface area contributed by atoms with Crippen LogP contribution in [0.2, 0.25) is 0 Å². The molecular formula is C10H20N2O2. The quantitative estimate of drug-likeness (QED) is 0.694. The maximum absolute atomic E-state index is 11.9. The average Bonchev–Trinajstić information content (AvgIpc) is 2.21. The minimum Gasteiger partial charge on any atom is -0.324 e. The highest BCUT2D eigenvalue weighted by atomic mass is 16.5. The minimum atomic E-state index is -0.826. The van der Waals surface area contributed by atoms with Crippen LogP contribution in [0.3, 0.4) is 0 Å². The van der Waals surface area contributed by atoms with E-state index >= 15 is 0 Å². The van der Waals surface area contributed by atoms with E-state index < -0.39 is 11.2 Å². The van der Waals surface area contributed by atoms with E-state index in [0.29, 0.717) is 0 Å². The highest BCUT2D eigenvalue weighted by Crippen LogP contribution is 2.39. The van der Waals surface area contributed by atoms with Gasteiger partial charge in [-0.25, -0.2) is 0 Å². The third-order valence-electron chi connectivity index (χ3n) is 3.56. The summed E-state index contributed by atoms with van der Waals surface area (Å²) in [6, 6.07) is 0. The Morgan fingerprint density at radius 1 is 1.29 bits per heavy atom. The Morgan fingerprint density at radius 2 is 1.71 bits per heavy atom. The summed E-state index contributed by atoms with van der Waals surface area (Å²) in [5.41, 5.74) is -1.44. The first kappa shape index (κ1) is 11.5. The Morgan fingerprint density at radius 3 is 1.86 bits per heavy atom. The van der Waals surface area contributed by atoms with E-state index in [9.17, 15) is 10.0 Å². The van der Waals surface area contributed by atoms with Crippen molar-refractivity contribution in [3.63, 3.8) is 0 Å². The fourth-order valence-electron chi connectivity index (χ4n) is 2.05. The molecule has 1 fully saturated rings. The van der Waals surface area contributed by atoms with Crippen LogP contribution >= 0.6 is 0 Å². The normalized spacial score (nSPS) is 33.1. The number of amides is 1. The fourth-order valence-corrected chi connectivity index (χ4v) is 2.05. The molecule has 82 valence electrons. The fraction of sp³-hybridized carbons (Fsp3) is 0.900. The average molecular weight is 200 g/mol. The first-order chi connectivity index (χ1) is 6.16. The van der Waals surface area contributed by atoms with Gasteiger partial charge in [-0.3, -0.25) is 4.79 Å². The molecule has 0 radical (unpaired) electrons. The summed E-state index contributed by atoms with van der Waals surface area (Å²) >= 11 is 0. The van der Waals surface area contributed by atoms with Crippen LogP contribution in [-0.4, -0.2) is 39.3 Å². The number of carbonyl (C=O) groups is 1. The van der Waals surface area contributed by atoms with Crippen LogP contribution in [0.1, 0.15) is 34.6 Å². The van der Waals surface area contributed by atoms with Crippen molar-refractivity contribution in [1.82, 2.24) is 9.96 Å². The van der Waals surface area contributed by atoms with Gasteiger partial charge in [0.25, 0.3) is 0 Å². The molecular weight excluding hydrogens is 180 g/mol. The second kappa shape index (κ2) is 2.94. The molecule has 1 heterocycles. The molecule has 4 heteroatoms. The molecule has 0 unspecified atom stereocenters. The summed E-state index contributed by atoms with van der Waals surface area (Å²) in [6.45, 7) is 9.34. The summed E-state index contributed by atoms with van der Waals surface area (Å²) in [4.78, 5) is 13.5. The van der Waals surface area contributed by atoms with Gasteiger partial charge < -0.3 is 10.1 Å². The van der Waals surface area contributed by atoms with Crippen LogP contribution in [-0.2, 0) is 4.79 Å². The number of rotatable bonds is 1. The van der Waals surface area contributed by atoms with Gasteiger partial charge in [-0.2, -0.15) is 5.06 Å². The Bertz CT molecular complexity index is 263. The van der Waals surface area contributed by atoms with Crippen molar-refractivity contribution in [3.8, 4) is 0 Å².